The molecule has 1 amide bonds. The third-order valence-corrected chi connectivity index (χ3v) is 7.32. The van der Waals surface area contributed by atoms with E-state index in [-0.39, 0.29) is 18.3 Å². The first-order chi connectivity index (χ1) is 15.4. The van der Waals surface area contributed by atoms with Gasteiger partial charge in [-0.25, -0.2) is 4.39 Å². The average Bonchev–Trinajstić information content (AvgIpc) is 2.77. The van der Waals surface area contributed by atoms with Crippen molar-refractivity contribution in [1.82, 2.24) is 5.32 Å². The number of nitrogens with one attached hydrogen (secondary N) is 1. The normalized spacial score (nSPS) is 15.0. The summed E-state index contributed by atoms with van der Waals surface area (Å²) in [5.41, 5.74) is 2.00. The first-order valence-corrected chi connectivity index (χ1v) is 12.3. The number of ether oxygens (including phenoxy) is 2. The number of fused-ring (bicyclic) bond motifs is 1. The first kappa shape index (κ1) is 23.4. The van der Waals surface area contributed by atoms with Crippen LogP contribution in [0.25, 0.3) is 0 Å². The van der Waals surface area contributed by atoms with E-state index in [0.717, 1.165) is 45.7 Å². The van der Waals surface area contributed by atoms with Crippen molar-refractivity contribution >= 4 is 57.0 Å². The fourth-order valence-electron chi connectivity index (χ4n) is 3.62. The molecule has 0 spiro atoms. The van der Waals surface area contributed by atoms with E-state index in [9.17, 15) is 9.18 Å². The van der Waals surface area contributed by atoms with Crippen LogP contribution in [0, 0.1) is 5.82 Å². The van der Waals surface area contributed by atoms with Crippen LogP contribution in [-0.2, 0) is 6.42 Å². The van der Waals surface area contributed by atoms with Crippen molar-refractivity contribution in [3.05, 3.63) is 87.2 Å². The van der Waals surface area contributed by atoms with E-state index < -0.39 is 0 Å². The number of hydrogen-bond donors (Lipinski definition) is 1. The van der Waals surface area contributed by atoms with Gasteiger partial charge in [0.25, 0.3) is 0 Å². The Bertz CT molecular complexity index is 1120. The van der Waals surface area contributed by atoms with E-state index in [0.29, 0.717) is 48.9 Å². The molecule has 1 aliphatic rings. The predicted octanol–water partition coefficient (Wildman–Crippen LogP) is 5.89. The van der Waals surface area contributed by atoms with E-state index >= 15 is 0 Å². The second-order valence-corrected chi connectivity index (χ2v) is 9.90. The van der Waals surface area contributed by atoms with Crippen LogP contribution in [0.5, 0.6) is 17.2 Å². The van der Waals surface area contributed by atoms with Crippen molar-refractivity contribution < 1.29 is 18.7 Å². The van der Waals surface area contributed by atoms with Gasteiger partial charge in [0.05, 0.1) is 0 Å². The molecule has 32 heavy (non-hydrogen) atoms. The topological polar surface area (TPSA) is 47.6 Å². The second kappa shape index (κ2) is 10.4. The second-order valence-electron chi connectivity index (χ2n) is 7.69. The summed E-state index contributed by atoms with van der Waals surface area (Å²) < 4.78 is 26.0. The Kier molecular flexibility index (Phi) is 7.64. The number of amides is 1. The van der Waals surface area contributed by atoms with E-state index in [1.54, 1.807) is 36.4 Å². The number of rotatable bonds is 6. The number of halogens is 3. The molecule has 0 aliphatic carbocycles. The quantitative estimate of drug-likeness (QED) is 0.446. The zero-order chi connectivity index (χ0) is 22.7. The van der Waals surface area contributed by atoms with Crippen molar-refractivity contribution in [3.63, 3.8) is 0 Å². The van der Waals surface area contributed by atoms with Crippen LogP contribution in [0.15, 0.2) is 54.6 Å². The molecule has 0 saturated heterocycles. The van der Waals surface area contributed by atoms with Crippen LogP contribution in [-0.4, -0.2) is 47.0 Å². The zero-order valence-corrected chi connectivity index (χ0v) is 21.0. The standard InChI is InChI=1S/C24H19Cl2FNO3.Na/c25-19-4-1-5-21(27)18(19)10-11-28-24(29)15-6-8-17(9-7-15)31-23-14-22-16(13-20(23)26)3-2-12-30-22;/h1,3-9,13-14H,2,10-12H2,(H,28,29);. The van der Waals surface area contributed by atoms with E-state index in [1.807, 2.05) is 12.1 Å². The summed E-state index contributed by atoms with van der Waals surface area (Å²) in [5.74, 6) is 1.25. The number of benzene rings is 3. The molecule has 160 valence electrons. The van der Waals surface area contributed by atoms with E-state index in [4.69, 9.17) is 32.7 Å². The molecule has 1 N–H and O–H groups in total. The third kappa shape index (κ3) is 5.41. The summed E-state index contributed by atoms with van der Waals surface area (Å²) in [4.78, 5) is 12.4. The maximum absolute atomic E-state index is 13.8. The molecule has 3 aromatic rings. The Labute approximate surface area is 213 Å². The average molecular weight is 482 g/mol. The summed E-state index contributed by atoms with van der Waals surface area (Å²) >= 11 is 13.5. The van der Waals surface area contributed by atoms with Crippen molar-refractivity contribution in [2.75, 3.05) is 13.2 Å². The molecular formula is C24H19Cl2FNNaO3. The van der Waals surface area contributed by atoms with Gasteiger partial charge in [0.15, 0.2) is 0 Å². The van der Waals surface area contributed by atoms with Gasteiger partial charge in [0.2, 0.25) is 0 Å². The van der Waals surface area contributed by atoms with Crippen molar-refractivity contribution in [2.24, 2.45) is 0 Å². The molecule has 1 heterocycles. The van der Waals surface area contributed by atoms with E-state index in [1.165, 1.54) is 6.07 Å². The molecule has 0 fully saturated rings. The van der Waals surface area contributed by atoms with Crippen LogP contribution >= 0.6 is 23.2 Å². The maximum atomic E-state index is 13.8. The number of carbonyl (C=O) groups is 1. The minimum absolute atomic E-state index is 0.262. The molecular weight excluding hydrogens is 463 g/mol. The van der Waals surface area contributed by atoms with Crippen molar-refractivity contribution in [2.45, 2.75) is 16.0 Å². The Hall–Kier alpha value is -1.76. The third-order valence-electron chi connectivity index (χ3n) is 5.47. The Morgan fingerprint density at radius 1 is 1.16 bits per heavy atom. The summed E-state index contributed by atoms with van der Waals surface area (Å²) in [6.07, 6.45) is 1.32. The Balaban J connectivity index is 1.37. The monoisotopic (exact) mass is 481 g/mol. The van der Waals surface area contributed by atoms with Crippen molar-refractivity contribution in [3.8, 4) is 17.2 Å². The first-order valence-electron chi connectivity index (χ1n) is 10.4. The number of carbonyl (C=O) groups excluding carboxylic acids is 1. The molecule has 4 nitrogen and oxygen atoms in total. The van der Waals surface area contributed by atoms with Gasteiger partial charge in [-0.3, -0.25) is 0 Å². The van der Waals surface area contributed by atoms with Gasteiger partial charge in [-0.05, 0) is 18.6 Å². The molecule has 0 saturated carbocycles. The molecule has 0 bridgehead atoms. The molecule has 4 rings (SSSR count). The molecule has 1 atom stereocenters. The fraction of sp³-hybridized carbons (Fsp3) is 0.208. The van der Waals surface area contributed by atoms with E-state index in [2.05, 4.69) is 5.32 Å². The fourth-order valence-corrected chi connectivity index (χ4v) is 4.77. The van der Waals surface area contributed by atoms with Crippen LogP contribution in [0.1, 0.15) is 31.1 Å². The SMILES string of the molecule is O=C(NCCc1c(F)cccc1Cl)c1ccc(Oc2cc3c(cc2Cl)[CH]([Na])CCO3)cc1. The van der Waals surface area contributed by atoms with Gasteiger partial charge in [-0.15, -0.1) is 0 Å². The van der Waals surface area contributed by atoms with Gasteiger partial charge in [0.1, 0.15) is 5.82 Å². The number of hydrogen-bond acceptors (Lipinski definition) is 3. The van der Waals surface area contributed by atoms with Gasteiger partial charge < -0.3 is 0 Å². The summed E-state index contributed by atoms with van der Waals surface area (Å²) in [6.45, 7) is 0.971. The molecule has 0 aromatic heterocycles. The molecule has 1 unspecified atom stereocenters. The zero-order valence-electron chi connectivity index (χ0n) is 17.5. The Morgan fingerprint density at radius 3 is 2.69 bits per heavy atom. The van der Waals surface area contributed by atoms with Crippen molar-refractivity contribution in [1.29, 1.82) is 0 Å². The molecule has 0 radical (unpaired) electrons. The van der Waals surface area contributed by atoms with Gasteiger partial charge in [-0.1, -0.05) is 17.7 Å². The summed E-state index contributed by atoms with van der Waals surface area (Å²) in [7, 11) is 0. The predicted molar refractivity (Wildman–Crippen MR) is 124 cm³/mol. The van der Waals surface area contributed by atoms with Crippen LogP contribution in [0.3, 0.4) is 0 Å². The molecule has 1 aliphatic heterocycles. The summed E-state index contributed by atoms with van der Waals surface area (Å²) in [6, 6.07) is 15.0. The minimum atomic E-state index is -0.379. The Morgan fingerprint density at radius 2 is 1.94 bits per heavy atom. The van der Waals surface area contributed by atoms with Crippen LogP contribution in [0.2, 0.25) is 10.0 Å². The van der Waals surface area contributed by atoms with Gasteiger partial charge >= 0.3 is 151 Å². The summed E-state index contributed by atoms with van der Waals surface area (Å²) in [5, 5.41) is 3.66. The van der Waals surface area contributed by atoms with Gasteiger partial charge in [-0.2, -0.15) is 0 Å². The van der Waals surface area contributed by atoms with Gasteiger partial charge in [0, 0.05) is 17.1 Å². The molecule has 3 aromatic carbocycles. The van der Waals surface area contributed by atoms with Crippen LogP contribution < -0.4 is 14.8 Å². The molecule has 8 heteroatoms. The van der Waals surface area contributed by atoms with Crippen LogP contribution in [0.4, 0.5) is 4.39 Å².